The summed E-state index contributed by atoms with van der Waals surface area (Å²) in [7, 11) is 1.58. The first-order valence-corrected chi connectivity index (χ1v) is 8.84. The Hall–Kier alpha value is -2.95. The number of carbonyl (C=O) groups excluding carboxylic acids is 2. The van der Waals surface area contributed by atoms with E-state index in [4.69, 9.17) is 9.47 Å². The van der Waals surface area contributed by atoms with Crippen molar-refractivity contribution in [3.63, 3.8) is 0 Å². The fourth-order valence-corrected chi connectivity index (χ4v) is 3.43. The molecular weight excluding hydrogens is 347 g/mol. The van der Waals surface area contributed by atoms with E-state index >= 15 is 0 Å². The van der Waals surface area contributed by atoms with Crippen LogP contribution in [-0.4, -0.2) is 25.5 Å². The minimum atomic E-state index is -0.926. The normalized spacial score (nSPS) is 19.4. The van der Waals surface area contributed by atoms with Gasteiger partial charge < -0.3 is 9.47 Å². The monoisotopic (exact) mass is 368 g/mol. The van der Waals surface area contributed by atoms with Crippen LogP contribution in [0.2, 0.25) is 0 Å². The van der Waals surface area contributed by atoms with Crippen molar-refractivity contribution < 1.29 is 23.5 Å². The molecule has 0 amide bonds. The second kappa shape index (κ2) is 8.16. The zero-order valence-corrected chi connectivity index (χ0v) is 15.3. The van der Waals surface area contributed by atoms with Gasteiger partial charge in [0.2, 0.25) is 0 Å². The maximum atomic E-state index is 13.3. The number of benzene rings is 2. The fourth-order valence-electron chi connectivity index (χ4n) is 3.43. The number of ether oxygens (including phenoxy) is 2. The molecular formula is C22H21FO4. The van der Waals surface area contributed by atoms with Gasteiger partial charge in [-0.3, -0.25) is 9.59 Å². The molecule has 3 rings (SSSR count). The van der Waals surface area contributed by atoms with E-state index in [1.165, 1.54) is 18.2 Å². The predicted molar refractivity (Wildman–Crippen MR) is 99.9 cm³/mol. The van der Waals surface area contributed by atoms with Crippen LogP contribution in [0.5, 0.6) is 5.75 Å². The summed E-state index contributed by atoms with van der Waals surface area (Å²) in [6.45, 7) is 1.90. The smallest absolute Gasteiger partial charge is 0.317 e. The molecule has 1 aliphatic carbocycles. The van der Waals surface area contributed by atoms with Crippen LogP contribution in [0.25, 0.3) is 5.57 Å². The molecule has 4 nitrogen and oxygen atoms in total. The van der Waals surface area contributed by atoms with E-state index in [-0.39, 0.29) is 18.2 Å². The second-order valence-electron chi connectivity index (χ2n) is 6.40. The van der Waals surface area contributed by atoms with Gasteiger partial charge in [0.1, 0.15) is 17.5 Å². The lowest BCUT2D eigenvalue weighted by atomic mass is 9.73. The lowest BCUT2D eigenvalue weighted by Gasteiger charge is -2.29. The first-order valence-electron chi connectivity index (χ1n) is 8.84. The summed E-state index contributed by atoms with van der Waals surface area (Å²) in [5, 5.41) is 0. The van der Waals surface area contributed by atoms with Gasteiger partial charge in [-0.15, -0.1) is 0 Å². The van der Waals surface area contributed by atoms with Crippen molar-refractivity contribution in [3.8, 4) is 5.75 Å². The third-order valence-electron chi connectivity index (χ3n) is 4.74. The molecule has 1 aliphatic rings. The molecule has 0 unspecified atom stereocenters. The van der Waals surface area contributed by atoms with E-state index in [1.54, 1.807) is 26.2 Å². The predicted octanol–water partition coefficient (Wildman–Crippen LogP) is 4.15. The Morgan fingerprint density at radius 3 is 2.59 bits per heavy atom. The van der Waals surface area contributed by atoms with E-state index in [0.717, 1.165) is 16.7 Å². The minimum Gasteiger partial charge on any atom is -0.497 e. The Bertz CT molecular complexity index is 870. The quantitative estimate of drug-likeness (QED) is 0.588. The standard InChI is InChI=1S/C22H21FO4/c1-3-27-22(25)21-19(14-7-9-17(23)10-8-14)12-16(13-20(21)24)15-5-4-6-18(11-15)26-2/h4-11,13,19,21H,3,12H2,1-2H3/t19-,21+/m1/s1. The van der Waals surface area contributed by atoms with Crippen molar-refractivity contribution in [2.75, 3.05) is 13.7 Å². The van der Waals surface area contributed by atoms with Crippen LogP contribution < -0.4 is 4.74 Å². The topological polar surface area (TPSA) is 52.6 Å². The molecule has 0 spiro atoms. The molecule has 0 fully saturated rings. The minimum absolute atomic E-state index is 0.200. The van der Waals surface area contributed by atoms with Crippen molar-refractivity contribution in [1.82, 2.24) is 0 Å². The number of hydrogen-bond donors (Lipinski definition) is 0. The van der Waals surface area contributed by atoms with Gasteiger partial charge in [-0.25, -0.2) is 4.39 Å². The molecule has 2 aromatic rings. The third-order valence-corrected chi connectivity index (χ3v) is 4.74. The maximum absolute atomic E-state index is 13.3. The van der Waals surface area contributed by atoms with Gasteiger partial charge >= 0.3 is 5.97 Å². The van der Waals surface area contributed by atoms with Crippen molar-refractivity contribution in [2.45, 2.75) is 19.3 Å². The molecule has 140 valence electrons. The number of hydrogen-bond acceptors (Lipinski definition) is 4. The summed E-state index contributed by atoms with van der Waals surface area (Å²) in [5.74, 6) is -1.86. The first-order chi connectivity index (χ1) is 13.0. The van der Waals surface area contributed by atoms with Crippen LogP contribution in [0, 0.1) is 11.7 Å². The second-order valence-corrected chi connectivity index (χ2v) is 6.40. The lowest BCUT2D eigenvalue weighted by molar-refractivity contribution is -0.151. The van der Waals surface area contributed by atoms with Crippen molar-refractivity contribution >= 4 is 17.3 Å². The van der Waals surface area contributed by atoms with E-state index in [0.29, 0.717) is 12.2 Å². The number of carbonyl (C=O) groups is 2. The summed E-state index contributed by atoms with van der Waals surface area (Å²) in [5.41, 5.74) is 2.40. The molecule has 0 radical (unpaired) electrons. The Labute approximate surface area is 157 Å². The average Bonchev–Trinajstić information content (AvgIpc) is 2.68. The summed E-state index contributed by atoms with van der Waals surface area (Å²) in [4.78, 5) is 25.3. The van der Waals surface area contributed by atoms with E-state index in [9.17, 15) is 14.0 Å². The van der Waals surface area contributed by atoms with Crippen molar-refractivity contribution in [3.05, 3.63) is 71.6 Å². The Morgan fingerprint density at radius 1 is 1.19 bits per heavy atom. The highest BCUT2D eigenvalue weighted by atomic mass is 19.1. The van der Waals surface area contributed by atoms with Gasteiger partial charge in [0.25, 0.3) is 0 Å². The molecule has 0 aliphatic heterocycles. The fraction of sp³-hybridized carbons (Fsp3) is 0.273. The van der Waals surface area contributed by atoms with Gasteiger partial charge in [-0.05, 0) is 60.4 Å². The number of rotatable bonds is 5. The molecule has 0 N–H and O–H groups in total. The average molecular weight is 368 g/mol. The number of halogens is 1. The Kier molecular flexibility index (Phi) is 5.69. The third kappa shape index (κ3) is 4.08. The molecule has 0 bridgehead atoms. The SMILES string of the molecule is CCOC(=O)[C@@H]1C(=O)C=C(c2cccc(OC)c2)C[C@@H]1c1ccc(F)cc1. The molecule has 0 heterocycles. The van der Waals surface area contributed by atoms with Gasteiger partial charge in [-0.2, -0.15) is 0 Å². The van der Waals surface area contributed by atoms with Crippen molar-refractivity contribution in [2.24, 2.45) is 5.92 Å². The molecule has 27 heavy (non-hydrogen) atoms. The number of allylic oxidation sites excluding steroid dienone is 2. The van der Waals surface area contributed by atoms with E-state index in [2.05, 4.69) is 0 Å². The maximum Gasteiger partial charge on any atom is 0.317 e. The van der Waals surface area contributed by atoms with Gasteiger partial charge in [-0.1, -0.05) is 24.3 Å². The first kappa shape index (κ1) is 18.8. The van der Waals surface area contributed by atoms with Gasteiger partial charge in [0.05, 0.1) is 13.7 Å². The Morgan fingerprint density at radius 2 is 1.93 bits per heavy atom. The molecule has 0 saturated carbocycles. The summed E-state index contributed by atoms with van der Waals surface area (Å²) >= 11 is 0. The summed E-state index contributed by atoms with van der Waals surface area (Å²) in [6, 6.07) is 13.3. The van der Waals surface area contributed by atoms with Crippen molar-refractivity contribution in [1.29, 1.82) is 0 Å². The highest BCUT2D eigenvalue weighted by Crippen LogP contribution is 2.40. The largest absolute Gasteiger partial charge is 0.497 e. The van der Waals surface area contributed by atoms with Crippen LogP contribution in [0.1, 0.15) is 30.4 Å². The molecule has 0 saturated heterocycles. The van der Waals surface area contributed by atoms with Gasteiger partial charge in [0.15, 0.2) is 5.78 Å². The zero-order chi connectivity index (χ0) is 19.4. The number of methoxy groups -OCH3 is 1. The summed E-state index contributed by atoms with van der Waals surface area (Å²) < 4.78 is 23.7. The molecule has 0 aromatic heterocycles. The highest BCUT2D eigenvalue weighted by Gasteiger charge is 2.39. The van der Waals surface area contributed by atoms with Crippen LogP contribution >= 0.6 is 0 Å². The highest BCUT2D eigenvalue weighted by molar-refractivity contribution is 6.10. The van der Waals surface area contributed by atoms with E-state index < -0.39 is 17.8 Å². The van der Waals surface area contributed by atoms with E-state index in [1.807, 2.05) is 24.3 Å². The number of ketones is 1. The van der Waals surface area contributed by atoms with Crippen LogP contribution in [0.4, 0.5) is 4.39 Å². The van der Waals surface area contributed by atoms with Gasteiger partial charge in [0, 0.05) is 5.92 Å². The van der Waals surface area contributed by atoms with Crippen LogP contribution in [0.15, 0.2) is 54.6 Å². The summed E-state index contributed by atoms with van der Waals surface area (Å²) in [6.07, 6.45) is 1.98. The molecule has 2 aromatic carbocycles. The zero-order valence-electron chi connectivity index (χ0n) is 15.3. The number of esters is 1. The van der Waals surface area contributed by atoms with Crippen LogP contribution in [0.3, 0.4) is 0 Å². The molecule has 2 atom stereocenters. The molecule has 5 heteroatoms. The Balaban J connectivity index is 2.02. The lowest BCUT2D eigenvalue weighted by Crippen LogP contribution is -2.34. The van der Waals surface area contributed by atoms with Crippen LogP contribution in [-0.2, 0) is 14.3 Å².